The highest BCUT2D eigenvalue weighted by Gasteiger charge is 2.22. The van der Waals surface area contributed by atoms with Gasteiger partial charge in [0.2, 0.25) is 0 Å². The molecule has 1 saturated heterocycles. The summed E-state index contributed by atoms with van der Waals surface area (Å²) in [5, 5.41) is 9.73. The van der Waals surface area contributed by atoms with E-state index in [4.69, 9.17) is 10.8 Å². The Labute approximate surface area is 123 Å². The van der Waals surface area contributed by atoms with E-state index in [9.17, 15) is 4.79 Å². The maximum Gasteiger partial charge on any atom is 0.267 e. The number of anilines is 2. The van der Waals surface area contributed by atoms with Gasteiger partial charge < -0.3 is 20.6 Å². The van der Waals surface area contributed by atoms with Gasteiger partial charge in [0, 0.05) is 26.7 Å². The third-order valence-electron chi connectivity index (χ3n) is 3.50. The number of amides is 1. The summed E-state index contributed by atoms with van der Waals surface area (Å²) in [4.78, 5) is 20.7. The summed E-state index contributed by atoms with van der Waals surface area (Å²) < 4.78 is 0. The number of nitrogens with zero attached hydrogens (tertiary/aromatic N) is 3. The number of aliphatic hydroxyl groups is 1. The highest BCUT2D eigenvalue weighted by atomic mass is 32.1. The molecular weight excluding hydrogens is 276 g/mol. The fourth-order valence-corrected chi connectivity index (χ4v) is 3.33. The molecule has 1 aromatic heterocycles. The summed E-state index contributed by atoms with van der Waals surface area (Å²) >= 11 is 1.35. The predicted octanol–water partition coefficient (Wildman–Crippen LogP) is 1.17. The fraction of sp³-hybridized carbons (Fsp3) is 0.692. The number of likely N-dealkylation sites (N-methyl/N-ethyl adjacent to an activating group) is 1. The van der Waals surface area contributed by atoms with Crippen LogP contribution in [0.25, 0.3) is 0 Å². The zero-order chi connectivity index (χ0) is 14.5. The number of aromatic nitrogens is 1. The topological polar surface area (TPSA) is 82.7 Å². The van der Waals surface area contributed by atoms with Crippen LogP contribution in [0.3, 0.4) is 0 Å². The summed E-state index contributed by atoms with van der Waals surface area (Å²) in [6, 6.07) is 0. The molecular formula is C13H22N4O2S. The maximum absolute atomic E-state index is 12.2. The van der Waals surface area contributed by atoms with Gasteiger partial charge in [-0.1, -0.05) is 24.2 Å². The highest BCUT2D eigenvalue weighted by Crippen LogP contribution is 2.30. The first kappa shape index (κ1) is 15.1. The van der Waals surface area contributed by atoms with E-state index in [0.717, 1.165) is 31.1 Å². The molecule has 20 heavy (non-hydrogen) atoms. The number of carbonyl (C=O) groups is 1. The van der Waals surface area contributed by atoms with Crippen molar-refractivity contribution in [1.82, 2.24) is 9.88 Å². The second-order valence-electron chi connectivity index (χ2n) is 5.06. The normalized spacial score (nSPS) is 16.0. The summed E-state index contributed by atoms with van der Waals surface area (Å²) in [5.74, 6) is 0.124. The van der Waals surface area contributed by atoms with Crippen LogP contribution in [0.4, 0.5) is 10.9 Å². The first-order valence-corrected chi connectivity index (χ1v) is 7.82. The van der Waals surface area contributed by atoms with Crippen LogP contribution < -0.4 is 10.6 Å². The third-order valence-corrected chi connectivity index (χ3v) is 4.61. The van der Waals surface area contributed by atoms with Gasteiger partial charge >= 0.3 is 0 Å². The van der Waals surface area contributed by atoms with Gasteiger partial charge in [-0.15, -0.1) is 0 Å². The lowest BCUT2D eigenvalue weighted by Gasteiger charge is -2.18. The van der Waals surface area contributed by atoms with Crippen molar-refractivity contribution in [3.63, 3.8) is 0 Å². The minimum atomic E-state index is -0.171. The summed E-state index contributed by atoms with van der Waals surface area (Å²) in [6.45, 7) is 2.20. The lowest BCUT2D eigenvalue weighted by molar-refractivity contribution is 0.0772. The van der Waals surface area contributed by atoms with Gasteiger partial charge in [0.1, 0.15) is 10.7 Å². The Morgan fingerprint density at radius 2 is 2.05 bits per heavy atom. The smallest absolute Gasteiger partial charge is 0.267 e. The van der Waals surface area contributed by atoms with E-state index in [1.165, 1.54) is 29.1 Å². The average Bonchev–Trinajstić information content (AvgIpc) is 2.66. The summed E-state index contributed by atoms with van der Waals surface area (Å²) in [6.07, 6.45) is 4.82. The summed E-state index contributed by atoms with van der Waals surface area (Å²) in [5.41, 5.74) is 5.88. The molecule has 1 amide bonds. The Kier molecular flexibility index (Phi) is 5.19. The maximum atomic E-state index is 12.2. The van der Waals surface area contributed by atoms with Crippen LogP contribution in [0, 0.1) is 0 Å². The molecule has 1 aliphatic rings. The molecule has 0 saturated carbocycles. The Morgan fingerprint density at radius 1 is 1.40 bits per heavy atom. The number of nitrogen functional groups attached to an aromatic ring is 1. The first-order valence-electron chi connectivity index (χ1n) is 7.01. The molecule has 1 aromatic rings. The molecule has 112 valence electrons. The molecule has 0 spiro atoms. The molecule has 6 nitrogen and oxygen atoms in total. The van der Waals surface area contributed by atoms with E-state index in [1.807, 2.05) is 0 Å². The molecule has 0 aliphatic carbocycles. The van der Waals surface area contributed by atoms with Gasteiger partial charge in [0.25, 0.3) is 5.91 Å². The van der Waals surface area contributed by atoms with Crippen molar-refractivity contribution in [1.29, 1.82) is 0 Å². The van der Waals surface area contributed by atoms with Crippen LogP contribution in [0.2, 0.25) is 0 Å². The lowest BCUT2D eigenvalue weighted by Crippen LogP contribution is -2.29. The number of nitrogens with two attached hydrogens (primary N) is 1. The molecule has 2 heterocycles. The number of carbonyl (C=O) groups excluding carboxylic acids is 1. The monoisotopic (exact) mass is 298 g/mol. The van der Waals surface area contributed by atoms with E-state index in [2.05, 4.69) is 9.88 Å². The number of hydrogen-bond acceptors (Lipinski definition) is 6. The van der Waals surface area contributed by atoms with Crippen molar-refractivity contribution >= 4 is 28.2 Å². The van der Waals surface area contributed by atoms with E-state index < -0.39 is 0 Å². The molecule has 0 aromatic carbocycles. The Balaban J connectivity index is 2.14. The number of aliphatic hydroxyl groups excluding tert-OH is 1. The van der Waals surface area contributed by atoms with Gasteiger partial charge in [-0.2, -0.15) is 0 Å². The van der Waals surface area contributed by atoms with E-state index in [1.54, 1.807) is 7.05 Å². The number of rotatable bonds is 4. The Bertz CT molecular complexity index is 455. The van der Waals surface area contributed by atoms with Crippen molar-refractivity contribution in [3.8, 4) is 0 Å². The van der Waals surface area contributed by atoms with Crippen molar-refractivity contribution in [2.24, 2.45) is 0 Å². The van der Waals surface area contributed by atoms with Crippen LogP contribution in [-0.2, 0) is 0 Å². The number of hydrogen-bond donors (Lipinski definition) is 2. The molecule has 0 bridgehead atoms. The SMILES string of the molecule is CN(CCO)C(=O)c1sc(N2CCCCCC2)nc1N. The predicted molar refractivity (Wildman–Crippen MR) is 81.3 cm³/mol. The molecule has 1 fully saturated rings. The van der Waals surface area contributed by atoms with Crippen molar-refractivity contribution in [2.45, 2.75) is 25.7 Å². The standard InChI is InChI=1S/C13H22N4O2S/c1-16(8-9-18)12(19)10-11(14)15-13(20-10)17-6-4-2-3-5-7-17/h18H,2-9,14H2,1H3. The molecule has 1 aliphatic heterocycles. The quantitative estimate of drug-likeness (QED) is 0.872. The molecule has 0 unspecified atom stereocenters. The van der Waals surface area contributed by atoms with Crippen LogP contribution in [0.5, 0.6) is 0 Å². The lowest BCUT2D eigenvalue weighted by atomic mass is 10.2. The van der Waals surface area contributed by atoms with Crippen LogP contribution in [0.15, 0.2) is 0 Å². The van der Waals surface area contributed by atoms with Crippen molar-refractivity contribution in [3.05, 3.63) is 4.88 Å². The molecule has 3 N–H and O–H groups in total. The van der Waals surface area contributed by atoms with Crippen LogP contribution >= 0.6 is 11.3 Å². The second kappa shape index (κ2) is 6.90. The van der Waals surface area contributed by atoms with Gasteiger partial charge in [-0.3, -0.25) is 4.79 Å². The summed E-state index contributed by atoms with van der Waals surface area (Å²) in [7, 11) is 1.66. The molecule has 7 heteroatoms. The van der Waals surface area contributed by atoms with Crippen molar-refractivity contribution in [2.75, 3.05) is 43.9 Å². The van der Waals surface area contributed by atoms with Crippen molar-refractivity contribution < 1.29 is 9.90 Å². The van der Waals surface area contributed by atoms with E-state index >= 15 is 0 Å². The molecule has 2 rings (SSSR count). The molecule has 0 radical (unpaired) electrons. The third kappa shape index (κ3) is 3.40. The van der Waals surface area contributed by atoms with Gasteiger partial charge in [0.15, 0.2) is 5.13 Å². The second-order valence-corrected chi connectivity index (χ2v) is 6.04. The van der Waals surface area contributed by atoms with Crippen LogP contribution in [-0.4, -0.2) is 54.2 Å². The van der Waals surface area contributed by atoms with Gasteiger partial charge in [0.05, 0.1) is 6.61 Å². The minimum Gasteiger partial charge on any atom is -0.395 e. The Hall–Kier alpha value is -1.34. The zero-order valence-corrected chi connectivity index (χ0v) is 12.7. The largest absolute Gasteiger partial charge is 0.395 e. The van der Waals surface area contributed by atoms with E-state index in [-0.39, 0.29) is 12.5 Å². The Morgan fingerprint density at radius 3 is 2.65 bits per heavy atom. The minimum absolute atomic E-state index is 0.0556. The van der Waals surface area contributed by atoms with Gasteiger partial charge in [-0.25, -0.2) is 4.98 Å². The van der Waals surface area contributed by atoms with E-state index in [0.29, 0.717) is 17.2 Å². The van der Waals surface area contributed by atoms with Crippen LogP contribution in [0.1, 0.15) is 35.4 Å². The number of thiazole rings is 1. The fourth-order valence-electron chi connectivity index (χ4n) is 2.30. The average molecular weight is 298 g/mol. The zero-order valence-electron chi connectivity index (χ0n) is 11.8. The van der Waals surface area contributed by atoms with Gasteiger partial charge in [-0.05, 0) is 12.8 Å². The molecule has 0 atom stereocenters. The highest BCUT2D eigenvalue weighted by molar-refractivity contribution is 7.18. The first-order chi connectivity index (χ1) is 9.63.